The number of ether oxygens (including phenoxy) is 1. The monoisotopic (exact) mass is 352 g/mol. The molecule has 0 saturated heterocycles. The van der Waals surface area contributed by atoms with Crippen LogP contribution in [-0.2, 0) is 9.53 Å². The highest BCUT2D eigenvalue weighted by Gasteiger charge is 2.06. The van der Waals surface area contributed by atoms with Gasteiger partial charge in [0, 0.05) is 6.42 Å². The molecule has 0 aromatic heterocycles. The minimum absolute atomic E-state index is 0.115. The van der Waals surface area contributed by atoms with Crippen LogP contribution in [0.5, 0.6) is 0 Å². The average Bonchev–Trinajstić information content (AvgIpc) is 2.54. The van der Waals surface area contributed by atoms with E-state index < -0.39 is 0 Å². The first kappa shape index (κ1) is 24.2. The lowest BCUT2D eigenvalue weighted by Gasteiger charge is -2.15. The fourth-order valence-electron chi connectivity index (χ4n) is 3.19. The molecule has 0 heterocycles. The van der Waals surface area contributed by atoms with E-state index in [4.69, 9.17) is 4.74 Å². The number of allylic oxidation sites excluding steroid dienone is 1. The van der Waals surface area contributed by atoms with Crippen molar-refractivity contribution in [3.63, 3.8) is 0 Å². The third-order valence-electron chi connectivity index (χ3n) is 5.11. The molecule has 0 rings (SSSR count). The van der Waals surface area contributed by atoms with E-state index in [0.29, 0.717) is 13.0 Å². The van der Waals surface area contributed by atoms with E-state index in [9.17, 15) is 4.79 Å². The Morgan fingerprint density at radius 2 is 1.40 bits per heavy atom. The van der Waals surface area contributed by atoms with Crippen LogP contribution >= 0.6 is 0 Å². The molecule has 0 aromatic carbocycles. The zero-order valence-electron chi connectivity index (χ0n) is 17.9. The molecule has 0 saturated carbocycles. The zero-order valence-corrected chi connectivity index (χ0v) is 17.9. The second-order valence-electron chi connectivity index (χ2n) is 8.45. The van der Waals surface area contributed by atoms with Crippen LogP contribution in [0.25, 0.3) is 0 Å². The summed E-state index contributed by atoms with van der Waals surface area (Å²) in [6.45, 7) is 13.9. The summed E-state index contributed by atoms with van der Waals surface area (Å²) in [5.74, 6) is 2.45. The third-order valence-corrected chi connectivity index (χ3v) is 5.11. The molecule has 2 atom stereocenters. The first-order valence-corrected chi connectivity index (χ1v) is 10.7. The lowest BCUT2D eigenvalue weighted by Crippen LogP contribution is -2.02. The van der Waals surface area contributed by atoms with Gasteiger partial charge in [-0.3, -0.25) is 4.79 Å². The highest BCUT2D eigenvalue weighted by Crippen LogP contribution is 2.22. The Morgan fingerprint density at radius 1 is 0.880 bits per heavy atom. The van der Waals surface area contributed by atoms with E-state index >= 15 is 0 Å². The van der Waals surface area contributed by atoms with Crippen molar-refractivity contribution in [2.45, 2.75) is 106 Å². The summed E-state index contributed by atoms with van der Waals surface area (Å²) in [4.78, 5) is 11.1. The molecule has 0 spiro atoms. The summed E-state index contributed by atoms with van der Waals surface area (Å²) in [7, 11) is 0. The molecule has 2 nitrogen and oxygen atoms in total. The summed E-state index contributed by atoms with van der Waals surface area (Å²) in [6, 6.07) is 0. The number of hydrogen-bond acceptors (Lipinski definition) is 2. The second kappa shape index (κ2) is 15.5. The molecular weight excluding hydrogens is 308 g/mol. The number of hydrogen-bond donors (Lipinski definition) is 0. The van der Waals surface area contributed by atoms with E-state index in [1.807, 2.05) is 6.92 Å². The molecule has 0 aliphatic carbocycles. The van der Waals surface area contributed by atoms with Crippen LogP contribution in [0.1, 0.15) is 106 Å². The third kappa shape index (κ3) is 16.4. The number of esters is 1. The van der Waals surface area contributed by atoms with Crippen LogP contribution in [0.2, 0.25) is 0 Å². The van der Waals surface area contributed by atoms with Gasteiger partial charge >= 0.3 is 5.97 Å². The largest absolute Gasteiger partial charge is 0.461 e. The lowest BCUT2D eigenvalue weighted by atomic mass is 9.91. The van der Waals surface area contributed by atoms with Crippen LogP contribution < -0.4 is 0 Å². The summed E-state index contributed by atoms with van der Waals surface area (Å²) in [5.41, 5.74) is 1.34. The lowest BCUT2D eigenvalue weighted by molar-refractivity contribution is -0.141. The molecule has 0 aromatic rings. The number of rotatable bonds is 15. The number of carbonyl (C=O) groups is 1. The molecule has 2 heteroatoms. The van der Waals surface area contributed by atoms with Crippen molar-refractivity contribution in [1.29, 1.82) is 0 Å². The van der Waals surface area contributed by atoms with Crippen LogP contribution in [0.4, 0.5) is 0 Å². The van der Waals surface area contributed by atoms with Crippen LogP contribution in [0, 0.1) is 17.8 Å². The number of carbonyl (C=O) groups excluding carboxylic acids is 1. The first-order valence-electron chi connectivity index (χ1n) is 10.7. The molecule has 0 amide bonds. The molecule has 0 aliphatic heterocycles. The Bertz CT molecular complexity index is 357. The Balaban J connectivity index is 3.64. The van der Waals surface area contributed by atoms with Gasteiger partial charge in [-0.05, 0) is 43.6 Å². The van der Waals surface area contributed by atoms with E-state index in [-0.39, 0.29) is 5.97 Å². The van der Waals surface area contributed by atoms with E-state index in [1.54, 1.807) is 0 Å². The molecule has 148 valence electrons. The summed E-state index contributed by atoms with van der Waals surface area (Å²) < 4.78 is 5.09. The maximum absolute atomic E-state index is 11.1. The minimum Gasteiger partial charge on any atom is -0.461 e. The van der Waals surface area contributed by atoms with Crippen molar-refractivity contribution >= 4 is 5.97 Å². The van der Waals surface area contributed by atoms with Gasteiger partial charge < -0.3 is 4.74 Å². The van der Waals surface area contributed by atoms with Gasteiger partial charge in [-0.25, -0.2) is 0 Å². The maximum Gasteiger partial charge on any atom is 0.305 e. The first-order chi connectivity index (χ1) is 11.8. The zero-order chi connectivity index (χ0) is 19.1. The fraction of sp³-hybridized carbons (Fsp3) is 0.870. The molecule has 0 N–H and O–H groups in total. The van der Waals surface area contributed by atoms with Crippen LogP contribution in [0.15, 0.2) is 11.6 Å². The van der Waals surface area contributed by atoms with Crippen molar-refractivity contribution in [1.82, 2.24) is 0 Å². The predicted molar refractivity (Wildman–Crippen MR) is 110 cm³/mol. The normalized spacial score (nSPS) is 14.6. The van der Waals surface area contributed by atoms with E-state index in [2.05, 4.69) is 40.7 Å². The quantitative estimate of drug-likeness (QED) is 0.228. The molecule has 25 heavy (non-hydrogen) atoms. The molecule has 0 aliphatic rings. The maximum atomic E-state index is 11.1. The van der Waals surface area contributed by atoms with Gasteiger partial charge in [0.2, 0.25) is 0 Å². The highest BCUT2D eigenvalue weighted by atomic mass is 16.5. The molecule has 2 unspecified atom stereocenters. The SMILES string of the molecule is CCC(=O)OC/C=C(\C)CCCC(C)CCCC(C)CCCC(C)C. The van der Waals surface area contributed by atoms with Crippen LogP contribution in [0.3, 0.4) is 0 Å². The summed E-state index contributed by atoms with van der Waals surface area (Å²) in [6.07, 6.45) is 14.5. The van der Waals surface area contributed by atoms with Crippen molar-refractivity contribution in [3.8, 4) is 0 Å². The molecule has 0 bridgehead atoms. The van der Waals surface area contributed by atoms with E-state index in [0.717, 1.165) is 24.2 Å². The van der Waals surface area contributed by atoms with E-state index in [1.165, 1.54) is 56.9 Å². The average molecular weight is 353 g/mol. The molecular formula is C23H44O2. The van der Waals surface area contributed by atoms with Crippen molar-refractivity contribution in [2.75, 3.05) is 6.61 Å². The van der Waals surface area contributed by atoms with Gasteiger partial charge in [0.25, 0.3) is 0 Å². The highest BCUT2D eigenvalue weighted by molar-refractivity contribution is 5.68. The summed E-state index contributed by atoms with van der Waals surface area (Å²) in [5, 5.41) is 0. The van der Waals surface area contributed by atoms with Gasteiger partial charge in [-0.2, -0.15) is 0 Å². The van der Waals surface area contributed by atoms with Gasteiger partial charge in [0.05, 0.1) is 0 Å². The smallest absolute Gasteiger partial charge is 0.305 e. The van der Waals surface area contributed by atoms with Crippen LogP contribution in [-0.4, -0.2) is 12.6 Å². The van der Waals surface area contributed by atoms with Crippen molar-refractivity contribution in [2.24, 2.45) is 17.8 Å². The van der Waals surface area contributed by atoms with Crippen molar-refractivity contribution < 1.29 is 9.53 Å². The Labute approximate surface area is 157 Å². The van der Waals surface area contributed by atoms with Gasteiger partial charge in [-0.15, -0.1) is 0 Å². The van der Waals surface area contributed by atoms with Gasteiger partial charge in [0.1, 0.15) is 6.61 Å². The van der Waals surface area contributed by atoms with Crippen molar-refractivity contribution in [3.05, 3.63) is 11.6 Å². The Kier molecular flexibility index (Phi) is 15.0. The van der Waals surface area contributed by atoms with Gasteiger partial charge in [-0.1, -0.05) is 85.1 Å². The topological polar surface area (TPSA) is 26.3 Å². The second-order valence-corrected chi connectivity index (χ2v) is 8.45. The molecule has 0 fully saturated rings. The fourth-order valence-corrected chi connectivity index (χ4v) is 3.19. The standard InChI is InChI=1S/C23H44O2/c1-7-23(24)25-18-17-22(6)16-10-15-21(5)14-9-13-20(4)12-8-11-19(2)3/h17,19-21H,7-16,18H2,1-6H3/b22-17+. The predicted octanol–water partition coefficient (Wildman–Crippen LogP) is 7.33. The molecule has 0 radical (unpaired) electrons. The summed E-state index contributed by atoms with van der Waals surface area (Å²) >= 11 is 0. The Hall–Kier alpha value is -0.790. The Morgan fingerprint density at radius 3 is 1.92 bits per heavy atom. The van der Waals surface area contributed by atoms with Gasteiger partial charge in [0.15, 0.2) is 0 Å². The minimum atomic E-state index is -0.115.